The van der Waals surface area contributed by atoms with Crippen LogP contribution in [0.3, 0.4) is 0 Å². The van der Waals surface area contributed by atoms with Crippen molar-refractivity contribution in [1.29, 1.82) is 0 Å². The van der Waals surface area contributed by atoms with Crippen LogP contribution in [0.1, 0.15) is 22.8 Å². The molecule has 4 rings (SSSR count). The zero-order valence-electron chi connectivity index (χ0n) is 15.1. The van der Waals surface area contributed by atoms with Gasteiger partial charge in [-0.2, -0.15) is 0 Å². The summed E-state index contributed by atoms with van der Waals surface area (Å²) in [6.07, 6.45) is 0. The van der Waals surface area contributed by atoms with Crippen LogP contribution in [0.4, 0.5) is 4.79 Å². The van der Waals surface area contributed by atoms with Crippen molar-refractivity contribution in [3.05, 3.63) is 82.9 Å². The number of amides is 3. The molecule has 1 N–H and O–H groups in total. The van der Waals surface area contributed by atoms with Crippen LogP contribution in [0, 0.1) is 0 Å². The summed E-state index contributed by atoms with van der Waals surface area (Å²) in [6.45, 7) is 1.33. The van der Waals surface area contributed by atoms with Crippen LogP contribution < -0.4 is 5.32 Å². The van der Waals surface area contributed by atoms with Crippen molar-refractivity contribution in [2.75, 3.05) is 6.54 Å². The van der Waals surface area contributed by atoms with Crippen LogP contribution in [-0.2, 0) is 10.3 Å². The number of imide groups is 1. The number of hydrogen-bond acceptors (Lipinski definition) is 3. The molecule has 1 aliphatic rings. The van der Waals surface area contributed by atoms with E-state index in [1.165, 1.54) is 0 Å². The summed E-state index contributed by atoms with van der Waals surface area (Å²) >= 11 is 5.84. The minimum atomic E-state index is -1.22. The Morgan fingerprint density at radius 1 is 1.00 bits per heavy atom. The second-order valence-electron chi connectivity index (χ2n) is 6.94. The Morgan fingerprint density at radius 2 is 1.68 bits per heavy atom. The van der Waals surface area contributed by atoms with Crippen LogP contribution in [0.5, 0.6) is 0 Å². The molecule has 1 atom stereocenters. The number of nitrogens with one attached hydrogen (secondary N) is 1. The first kappa shape index (κ1) is 18.2. The van der Waals surface area contributed by atoms with Gasteiger partial charge in [0.15, 0.2) is 5.78 Å². The Bertz CT molecular complexity index is 1110. The van der Waals surface area contributed by atoms with E-state index in [0.717, 1.165) is 15.7 Å². The summed E-state index contributed by atoms with van der Waals surface area (Å²) in [7, 11) is 0. The number of rotatable bonds is 4. The third-order valence-corrected chi connectivity index (χ3v) is 5.32. The minimum absolute atomic E-state index is 0.324. The number of halogens is 1. The molecule has 3 aromatic rings. The van der Waals surface area contributed by atoms with Crippen molar-refractivity contribution < 1.29 is 14.4 Å². The van der Waals surface area contributed by atoms with Crippen molar-refractivity contribution in [2.24, 2.45) is 0 Å². The van der Waals surface area contributed by atoms with Crippen LogP contribution in [0.25, 0.3) is 10.8 Å². The van der Waals surface area contributed by atoms with E-state index < -0.39 is 17.5 Å². The van der Waals surface area contributed by atoms with Crippen LogP contribution in [0.15, 0.2) is 66.7 Å². The molecule has 1 heterocycles. The fourth-order valence-electron chi connectivity index (χ4n) is 3.41. The van der Waals surface area contributed by atoms with E-state index in [9.17, 15) is 14.4 Å². The molecule has 3 amide bonds. The highest BCUT2D eigenvalue weighted by atomic mass is 35.5. The fourth-order valence-corrected chi connectivity index (χ4v) is 3.53. The minimum Gasteiger partial charge on any atom is -0.319 e. The Morgan fingerprint density at radius 3 is 2.39 bits per heavy atom. The molecule has 0 unspecified atom stereocenters. The van der Waals surface area contributed by atoms with E-state index >= 15 is 0 Å². The quantitative estimate of drug-likeness (QED) is 0.536. The van der Waals surface area contributed by atoms with Gasteiger partial charge in [-0.15, -0.1) is 0 Å². The second kappa shape index (κ2) is 6.77. The molecule has 1 saturated heterocycles. The SMILES string of the molecule is C[C@]1(c2ccc3ccccc3c2)NC(=O)N(CC(=O)c2ccc(Cl)cc2)C1=O. The third-order valence-electron chi connectivity index (χ3n) is 5.07. The monoisotopic (exact) mass is 392 g/mol. The van der Waals surface area contributed by atoms with Gasteiger partial charge in [-0.1, -0.05) is 48.0 Å². The summed E-state index contributed by atoms with van der Waals surface area (Å²) in [6, 6.07) is 19.2. The first-order valence-corrected chi connectivity index (χ1v) is 9.18. The Labute approximate surface area is 166 Å². The average molecular weight is 393 g/mol. The molecule has 28 heavy (non-hydrogen) atoms. The molecule has 0 radical (unpaired) electrons. The largest absolute Gasteiger partial charge is 0.325 e. The van der Waals surface area contributed by atoms with Gasteiger partial charge in [-0.3, -0.25) is 14.5 Å². The molecule has 6 heteroatoms. The Kier molecular flexibility index (Phi) is 4.40. The fraction of sp³-hybridized carbons (Fsp3) is 0.136. The average Bonchev–Trinajstić information content (AvgIpc) is 2.92. The molecule has 0 bridgehead atoms. The molecule has 1 aliphatic heterocycles. The molecule has 1 fully saturated rings. The van der Waals surface area contributed by atoms with Gasteiger partial charge in [0.1, 0.15) is 5.54 Å². The van der Waals surface area contributed by atoms with Gasteiger partial charge in [0, 0.05) is 10.6 Å². The number of fused-ring (bicyclic) bond motifs is 1. The lowest BCUT2D eigenvalue weighted by Gasteiger charge is -2.22. The Balaban J connectivity index is 1.61. The lowest BCUT2D eigenvalue weighted by atomic mass is 9.90. The molecule has 3 aromatic carbocycles. The van der Waals surface area contributed by atoms with Gasteiger partial charge in [0.05, 0.1) is 6.54 Å². The Hall–Kier alpha value is -3.18. The topological polar surface area (TPSA) is 66.5 Å². The predicted octanol–water partition coefficient (Wildman–Crippen LogP) is 4.14. The smallest absolute Gasteiger partial charge is 0.319 e. The van der Waals surface area contributed by atoms with E-state index in [1.807, 2.05) is 42.5 Å². The summed E-state index contributed by atoms with van der Waals surface area (Å²) in [4.78, 5) is 39.0. The molecule has 0 aromatic heterocycles. The summed E-state index contributed by atoms with van der Waals surface area (Å²) in [5.74, 6) is -0.780. The van der Waals surface area contributed by atoms with Crippen molar-refractivity contribution in [3.63, 3.8) is 0 Å². The number of carbonyl (C=O) groups excluding carboxylic acids is 3. The van der Waals surface area contributed by atoms with Gasteiger partial charge in [-0.05, 0) is 53.6 Å². The van der Waals surface area contributed by atoms with E-state index in [-0.39, 0.29) is 12.3 Å². The van der Waals surface area contributed by atoms with E-state index in [0.29, 0.717) is 16.1 Å². The number of hydrogen-bond donors (Lipinski definition) is 1. The first-order chi connectivity index (χ1) is 13.4. The van der Waals surface area contributed by atoms with Crippen molar-refractivity contribution in [1.82, 2.24) is 10.2 Å². The van der Waals surface area contributed by atoms with E-state index in [2.05, 4.69) is 5.32 Å². The molecular weight excluding hydrogens is 376 g/mol. The summed E-state index contributed by atoms with van der Waals surface area (Å²) in [5, 5.41) is 5.27. The number of urea groups is 1. The number of nitrogens with zero attached hydrogens (tertiary/aromatic N) is 1. The van der Waals surface area contributed by atoms with E-state index in [4.69, 9.17) is 11.6 Å². The highest BCUT2D eigenvalue weighted by Crippen LogP contribution is 2.31. The molecule has 0 saturated carbocycles. The number of carbonyl (C=O) groups is 3. The normalized spacial score (nSPS) is 19.1. The van der Waals surface area contributed by atoms with Gasteiger partial charge in [0.2, 0.25) is 0 Å². The molecule has 140 valence electrons. The molecular formula is C22H17ClN2O3. The molecule has 0 aliphatic carbocycles. The van der Waals surface area contributed by atoms with Gasteiger partial charge >= 0.3 is 6.03 Å². The number of Topliss-reactive ketones (excluding diaryl/α,β-unsaturated/α-hetero) is 1. The van der Waals surface area contributed by atoms with Crippen LogP contribution in [0.2, 0.25) is 5.02 Å². The highest BCUT2D eigenvalue weighted by molar-refractivity contribution is 6.30. The van der Waals surface area contributed by atoms with E-state index in [1.54, 1.807) is 31.2 Å². The van der Waals surface area contributed by atoms with Crippen LogP contribution >= 0.6 is 11.6 Å². The molecule has 0 spiro atoms. The number of ketones is 1. The standard InChI is InChI=1S/C22H17ClN2O3/c1-22(17-9-6-14-4-2-3-5-16(14)12-17)20(27)25(21(28)24-22)13-19(26)15-7-10-18(23)11-8-15/h2-12H,13H2,1H3,(H,24,28)/t22-/m1/s1. The van der Waals surface area contributed by atoms with Crippen molar-refractivity contribution in [3.8, 4) is 0 Å². The summed E-state index contributed by atoms with van der Waals surface area (Å²) < 4.78 is 0. The van der Waals surface area contributed by atoms with Crippen molar-refractivity contribution >= 4 is 40.1 Å². The highest BCUT2D eigenvalue weighted by Gasteiger charge is 2.49. The third kappa shape index (κ3) is 3.04. The lowest BCUT2D eigenvalue weighted by Crippen LogP contribution is -2.41. The summed E-state index contributed by atoms with van der Waals surface area (Å²) in [5.41, 5.74) is -0.156. The van der Waals surface area contributed by atoms with Gasteiger partial charge < -0.3 is 5.32 Å². The molecule has 5 nitrogen and oxygen atoms in total. The maximum atomic E-state index is 13.1. The number of benzene rings is 3. The zero-order valence-corrected chi connectivity index (χ0v) is 15.9. The second-order valence-corrected chi connectivity index (χ2v) is 7.37. The zero-order chi connectivity index (χ0) is 19.9. The first-order valence-electron chi connectivity index (χ1n) is 8.81. The van der Waals surface area contributed by atoms with Gasteiger partial charge in [0.25, 0.3) is 5.91 Å². The van der Waals surface area contributed by atoms with Gasteiger partial charge in [-0.25, -0.2) is 4.79 Å². The maximum absolute atomic E-state index is 13.1. The maximum Gasteiger partial charge on any atom is 0.325 e. The predicted molar refractivity (Wildman–Crippen MR) is 107 cm³/mol. The van der Waals surface area contributed by atoms with Crippen molar-refractivity contribution in [2.45, 2.75) is 12.5 Å². The lowest BCUT2D eigenvalue weighted by molar-refractivity contribution is -0.130. The van der Waals surface area contributed by atoms with Crippen LogP contribution in [-0.4, -0.2) is 29.2 Å².